The minimum Gasteiger partial charge on any atom is -0.484 e. The van der Waals surface area contributed by atoms with Crippen molar-refractivity contribution < 1.29 is 14.3 Å². The lowest BCUT2D eigenvalue weighted by atomic mass is 9.94. The molecule has 1 N–H and O–H groups in total. The normalized spacial score (nSPS) is 17.8. The molecule has 2 fully saturated rings. The highest BCUT2D eigenvalue weighted by Crippen LogP contribution is 2.30. The van der Waals surface area contributed by atoms with Crippen molar-refractivity contribution in [3.05, 3.63) is 24.3 Å². The lowest BCUT2D eigenvalue weighted by Gasteiger charge is -2.33. The van der Waals surface area contributed by atoms with Crippen LogP contribution < -0.4 is 10.1 Å². The average Bonchev–Trinajstić information content (AvgIpc) is 3.48. The molecule has 0 unspecified atom stereocenters. The molecule has 0 bridgehead atoms. The smallest absolute Gasteiger partial charge is 0.260 e. The Morgan fingerprint density at radius 2 is 1.76 bits per heavy atom. The van der Waals surface area contributed by atoms with Crippen LogP contribution in [0.15, 0.2) is 24.3 Å². The van der Waals surface area contributed by atoms with Gasteiger partial charge in [0, 0.05) is 24.2 Å². The van der Waals surface area contributed by atoms with Gasteiger partial charge in [-0.25, -0.2) is 0 Å². The number of hydrogen-bond donors (Lipinski definition) is 1. The summed E-state index contributed by atoms with van der Waals surface area (Å²) in [6, 6.07) is 7.60. The van der Waals surface area contributed by atoms with Gasteiger partial charge in [0.2, 0.25) is 5.91 Å². The summed E-state index contributed by atoms with van der Waals surface area (Å²) >= 11 is 0. The Hall–Kier alpha value is -2.04. The van der Waals surface area contributed by atoms with E-state index in [2.05, 4.69) is 5.32 Å². The molecule has 2 saturated carbocycles. The third-order valence-corrected chi connectivity index (χ3v) is 5.11. The van der Waals surface area contributed by atoms with Gasteiger partial charge in [0.05, 0.1) is 0 Å². The van der Waals surface area contributed by atoms with Crippen molar-refractivity contribution in [2.75, 3.05) is 18.5 Å². The zero-order valence-corrected chi connectivity index (χ0v) is 15.0. The number of amides is 2. The minimum absolute atomic E-state index is 0.0560. The molecular formula is C20H28N2O3. The largest absolute Gasteiger partial charge is 0.484 e. The second kappa shape index (κ2) is 8.37. The second-order valence-corrected chi connectivity index (χ2v) is 7.05. The fourth-order valence-electron chi connectivity index (χ4n) is 3.48. The summed E-state index contributed by atoms with van der Waals surface area (Å²) in [6.07, 6.45) is 7.90. The first-order valence-electron chi connectivity index (χ1n) is 9.50. The highest BCUT2D eigenvalue weighted by molar-refractivity contribution is 5.94. The Kier molecular flexibility index (Phi) is 5.95. The molecule has 0 radical (unpaired) electrons. The maximum absolute atomic E-state index is 12.5. The van der Waals surface area contributed by atoms with Gasteiger partial charge in [0.15, 0.2) is 6.61 Å². The summed E-state index contributed by atoms with van der Waals surface area (Å²) in [5.74, 6) is 0.987. The molecule has 5 heteroatoms. The van der Waals surface area contributed by atoms with E-state index >= 15 is 0 Å². The number of carbonyl (C=O) groups excluding carboxylic acids is 2. The van der Waals surface area contributed by atoms with Crippen molar-refractivity contribution in [2.24, 2.45) is 5.92 Å². The Morgan fingerprint density at radius 3 is 2.36 bits per heavy atom. The van der Waals surface area contributed by atoms with Crippen molar-refractivity contribution in [3.63, 3.8) is 0 Å². The third-order valence-electron chi connectivity index (χ3n) is 5.11. The average molecular weight is 344 g/mol. The van der Waals surface area contributed by atoms with Gasteiger partial charge in [-0.15, -0.1) is 0 Å². The molecule has 0 atom stereocenters. The summed E-state index contributed by atoms with van der Waals surface area (Å²) in [5, 5.41) is 2.90. The van der Waals surface area contributed by atoms with Crippen molar-refractivity contribution in [1.29, 1.82) is 0 Å². The van der Waals surface area contributed by atoms with Crippen LogP contribution in [0, 0.1) is 5.92 Å². The van der Waals surface area contributed by atoms with Gasteiger partial charge in [-0.1, -0.05) is 19.3 Å². The van der Waals surface area contributed by atoms with E-state index in [1.54, 1.807) is 12.1 Å². The first-order valence-corrected chi connectivity index (χ1v) is 9.50. The summed E-state index contributed by atoms with van der Waals surface area (Å²) < 4.78 is 5.66. The molecule has 5 nitrogen and oxygen atoms in total. The Morgan fingerprint density at radius 1 is 1.08 bits per heavy atom. The summed E-state index contributed by atoms with van der Waals surface area (Å²) in [4.78, 5) is 26.2. The van der Waals surface area contributed by atoms with Crippen LogP contribution in [0.5, 0.6) is 5.75 Å². The SMILES string of the molecule is CCN(C(=O)COc1ccc(NC(=O)C2CC2)cc1)C1CCCCC1. The molecule has 1 aromatic carbocycles. The van der Waals surface area contributed by atoms with E-state index in [1.807, 2.05) is 24.0 Å². The number of anilines is 1. The van der Waals surface area contributed by atoms with Crippen LogP contribution in [-0.2, 0) is 9.59 Å². The number of carbonyl (C=O) groups is 2. The highest BCUT2D eigenvalue weighted by Gasteiger charge is 2.29. The zero-order chi connectivity index (χ0) is 17.6. The van der Waals surface area contributed by atoms with Gasteiger partial charge >= 0.3 is 0 Å². The number of ether oxygens (including phenoxy) is 1. The van der Waals surface area contributed by atoms with Crippen LogP contribution in [0.1, 0.15) is 51.9 Å². The number of rotatable bonds is 7. The molecule has 2 aliphatic carbocycles. The Bertz CT molecular complexity index is 589. The summed E-state index contributed by atoms with van der Waals surface area (Å²) in [6.45, 7) is 2.83. The zero-order valence-electron chi connectivity index (χ0n) is 15.0. The van der Waals surface area contributed by atoms with Gasteiger partial charge in [0.1, 0.15) is 5.75 Å². The first kappa shape index (κ1) is 17.8. The fourth-order valence-corrected chi connectivity index (χ4v) is 3.48. The molecule has 25 heavy (non-hydrogen) atoms. The molecule has 3 rings (SSSR count). The summed E-state index contributed by atoms with van der Waals surface area (Å²) in [7, 11) is 0. The summed E-state index contributed by atoms with van der Waals surface area (Å²) in [5.41, 5.74) is 0.771. The maximum atomic E-state index is 12.5. The van der Waals surface area contributed by atoms with Crippen LogP contribution >= 0.6 is 0 Å². The second-order valence-electron chi connectivity index (χ2n) is 7.05. The number of benzene rings is 1. The third kappa shape index (κ3) is 4.97. The van der Waals surface area contributed by atoms with Gasteiger partial charge in [-0.05, 0) is 56.9 Å². The fraction of sp³-hybridized carbons (Fsp3) is 0.600. The van der Waals surface area contributed by atoms with Crippen LogP contribution in [-0.4, -0.2) is 35.9 Å². The first-order chi connectivity index (χ1) is 12.2. The molecule has 0 spiro atoms. The van der Waals surface area contributed by atoms with Crippen molar-refractivity contribution >= 4 is 17.5 Å². The van der Waals surface area contributed by atoms with E-state index in [0.29, 0.717) is 11.8 Å². The molecular weight excluding hydrogens is 316 g/mol. The van der Waals surface area contributed by atoms with E-state index in [4.69, 9.17) is 4.74 Å². The minimum atomic E-state index is 0.0560. The van der Waals surface area contributed by atoms with E-state index in [9.17, 15) is 9.59 Å². The standard InChI is InChI=1S/C20H28N2O3/c1-2-22(17-6-4-3-5-7-17)19(23)14-25-18-12-10-16(11-13-18)21-20(24)15-8-9-15/h10-13,15,17H,2-9,14H2,1H3,(H,21,24). The molecule has 0 aliphatic heterocycles. The predicted molar refractivity (Wildman–Crippen MR) is 97.6 cm³/mol. The molecule has 0 heterocycles. The van der Waals surface area contributed by atoms with Crippen molar-refractivity contribution in [1.82, 2.24) is 4.90 Å². The van der Waals surface area contributed by atoms with Crippen LogP contribution in [0.2, 0.25) is 0 Å². The lowest BCUT2D eigenvalue weighted by molar-refractivity contribution is -0.136. The Balaban J connectivity index is 1.48. The lowest BCUT2D eigenvalue weighted by Crippen LogP contribution is -2.43. The van der Waals surface area contributed by atoms with Crippen LogP contribution in [0.25, 0.3) is 0 Å². The number of nitrogens with one attached hydrogen (secondary N) is 1. The number of hydrogen-bond acceptors (Lipinski definition) is 3. The molecule has 2 aliphatic rings. The topological polar surface area (TPSA) is 58.6 Å². The quantitative estimate of drug-likeness (QED) is 0.822. The maximum Gasteiger partial charge on any atom is 0.260 e. The monoisotopic (exact) mass is 344 g/mol. The molecule has 2 amide bonds. The number of likely N-dealkylation sites (N-methyl/N-ethyl adjacent to an activating group) is 1. The highest BCUT2D eigenvalue weighted by atomic mass is 16.5. The van der Waals surface area contributed by atoms with Crippen molar-refractivity contribution in [3.8, 4) is 5.75 Å². The van der Waals surface area contributed by atoms with Crippen LogP contribution in [0.3, 0.4) is 0 Å². The molecule has 0 saturated heterocycles. The van der Waals surface area contributed by atoms with Gasteiger partial charge in [0.25, 0.3) is 5.91 Å². The van der Waals surface area contributed by atoms with Crippen molar-refractivity contribution in [2.45, 2.75) is 57.9 Å². The van der Waals surface area contributed by atoms with E-state index in [0.717, 1.165) is 37.9 Å². The van der Waals surface area contributed by atoms with Crippen LogP contribution in [0.4, 0.5) is 5.69 Å². The van der Waals surface area contributed by atoms with Gasteiger partial charge in [-0.2, -0.15) is 0 Å². The predicted octanol–water partition coefficient (Wildman–Crippen LogP) is 3.60. The molecule has 136 valence electrons. The van der Waals surface area contributed by atoms with E-state index in [-0.39, 0.29) is 24.3 Å². The van der Waals surface area contributed by atoms with Gasteiger partial charge in [-0.3, -0.25) is 9.59 Å². The van der Waals surface area contributed by atoms with E-state index in [1.165, 1.54) is 19.3 Å². The van der Waals surface area contributed by atoms with Gasteiger partial charge < -0.3 is 15.0 Å². The molecule has 1 aromatic rings. The Labute approximate surface area is 149 Å². The van der Waals surface area contributed by atoms with E-state index < -0.39 is 0 Å². The number of nitrogens with zero attached hydrogens (tertiary/aromatic N) is 1. The molecule has 0 aromatic heterocycles.